The van der Waals surface area contributed by atoms with Crippen LogP contribution in [0, 0.1) is 6.07 Å². The molecule has 0 unspecified atom stereocenters. The van der Waals surface area contributed by atoms with Gasteiger partial charge in [0.25, 0.3) is 0 Å². The molecule has 1 radical (unpaired) electrons. The summed E-state index contributed by atoms with van der Waals surface area (Å²) in [7, 11) is 0. The minimum absolute atomic E-state index is 0. The SMILES string of the molecule is CC(C)(C)c1ccc(-c2nc(-c3ccc(-c4cc(-c5ccccn5)[c-]c5ccccc45)cc3)nc(-c3ccc(C(C)(C)C)cc3)n2)cc1.[Ir]. The normalized spacial score (nSPS) is 11.7. The number of nitrogens with zero attached hydrogens (tertiary/aromatic N) is 4. The maximum atomic E-state index is 5.02. The van der Waals surface area contributed by atoms with Crippen LogP contribution in [0.2, 0.25) is 0 Å². The van der Waals surface area contributed by atoms with Crippen LogP contribution < -0.4 is 0 Å². The van der Waals surface area contributed by atoms with E-state index in [4.69, 9.17) is 15.0 Å². The standard InChI is InChI=1S/C44H39N4.Ir/c1-43(2,3)35-22-18-31(19-23-35)41-46-40(47-42(48-41)32-20-24-36(25-21-32)44(4,5)6)30-16-14-29(15-17-30)38-28-34(39-13-9-10-26-45-39)27-33-11-7-8-12-37(33)38;/h7-26,28H,1-6H3;/q-1;. The third-order valence-electron chi connectivity index (χ3n) is 8.82. The molecule has 7 aromatic rings. The first-order chi connectivity index (χ1) is 23.0. The smallest absolute Gasteiger partial charge is 0.164 e. The van der Waals surface area contributed by atoms with Crippen LogP contribution >= 0.6 is 0 Å². The molecule has 0 saturated carbocycles. The van der Waals surface area contributed by atoms with Gasteiger partial charge >= 0.3 is 0 Å². The van der Waals surface area contributed by atoms with E-state index in [9.17, 15) is 0 Å². The van der Waals surface area contributed by atoms with Crippen molar-refractivity contribution >= 4 is 10.8 Å². The number of fused-ring (bicyclic) bond motifs is 1. The summed E-state index contributed by atoms with van der Waals surface area (Å²) in [6, 6.07) is 45.8. The van der Waals surface area contributed by atoms with Crippen molar-refractivity contribution in [3.05, 3.63) is 145 Å². The number of aromatic nitrogens is 4. The fraction of sp³-hybridized carbons (Fsp3) is 0.182. The van der Waals surface area contributed by atoms with Gasteiger partial charge in [-0.15, -0.1) is 23.6 Å². The molecule has 5 aromatic carbocycles. The van der Waals surface area contributed by atoms with Crippen LogP contribution in [0.4, 0.5) is 0 Å². The Morgan fingerprint density at radius 3 is 1.41 bits per heavy atom. The fourth-order valence-corrected chi connectivity index (χ4v) is 5.93. The summed E-state index contributed by atoms with van der Waals surface area (Å²) >= 11 is 0. The number of hydrogen-bond donors (Lipinski definition) is 0. The zero-order valence-corrected chi connectivity index (χ0v) is 31.1. The second kappa shape index (κ2) is 13.6. The van der Waals surface area contributed by atoms with Crippen molar-refractivity contribution in [3.63, 3.8) is 0 Å². The zero-order chi connectivity index (χ0) is 33.5. The van der Waals surface area contributed by atoms with E-state index in [1.807, 2.05) is 24.4 Å². The van der Waals surface area contributed by atoms with Crippen molar-refractivity contribution in [2.24, 2.45) is 0 Å². The van der Waals surface area contributed by atoms with Crippen LogP contribution in [0.25, 0.3) is 67.3 Å². The average Bonchev–Trinajstić information content (AvgIpc) is 3.11. The van der Waals surface area contributed by atoms with E-state index in [-0.39, 0.29) is 30.9 Å². The van der Waals surface area contributed by atoms with Gasteiger partial charge in [0.1, 0.15) is 0 Å². The molecule has 0 bridgehead atoms. The maximum Gasteiger partial charge on any atom is 0.164 e. The van der Waals surface area contributed by atoms with Gasteiger partial charge in [-0.2, -0.15) is 0 Å². The predicted molar refractivity (Wildman–Crippen MR) is 199 cm³/mol. The average molecular weight is 816 g/mol. The molecule has 0 amide bonds. The van der Waals surface area contributed by atoms with Crippen molar-refractivity contribution in [3.8, 4) is 56.5 Å². The first-order valence-electron chi connectivity index (χ1n) is 16.5. The first-order valence-corrected chi connectivity index (χ1v) is 16.5. The van der Waals surface area contributed by atoms with Gasteiger partial charge in [-0.25, -0.2) is 15.0 Å². The molecule has 2 aromatic heterocycles. The van der Waals surface area contributed by atoms with E-state index in [2.05, 4.69) is 156 Å². The van der Waals surface area contributed by atoms with Crippen LogP contribution in [0.15, 0.2) is 128 Å². The van der Waals surface area contributed by atoms with Crippen LogP contribution in [-0.2, 0) is 30.9 Å². The summed E-state index contributed by atoms with van der Waals surface area (Å²) in [6.45, 7) is 13.3. The minimum Gasteiger partial charge on any atom is -0.295 e. The van der Waals surface area contributed by atoms with Crippen molar-refractivity contribution in [1.82, 2.24) is 19.9 Å². The Hall–Kier alpha value is -4.83. The molecule has 7 rings (SSSR count). The Labute approximate surface area is 303 Å². The maximum absolute atomic E-state index is 5.02. The Morgan fingerprint density at radius 2 is 0.939 bits per heavy atom. The second-order valence-electron chi connectivity index (χ2n) is 14.4. The van der Waals surface area contributed by atoms with E-state index in [0.29, 0.717) is 17.5 Å². The van der Waals surface area contributed by atoms with Crippen molar-refractivity contribution < 1.29 is 20.1 Å². The molecule has 49 heavy (non-hydrogen) atoms. The molecule has 245 valence electrons. The Kier molecular flexibility index (Phi) is 9.44. The summed E-state index contributed by atoms with van der Waals surface area (Å²) in [5, 5.41) is 2.20. The Morgan fingerprint density at radius 1 is 0.490 bits per heavy atom. The predicted octanol–water partition coefficient (Wildman–Crippen LogP) is 11.1. The van der Waals surface area contributed by atoms with Gasteiger partial charge < -0.3 is 0 Å². The molecule has 0 N–H and O–H groups in total. The molecular formula is C44H39IrN4-. The van der Waals surface area contributed by atoms with Crippen molar-refractivity contribution in [2.45, 2.75) is 52.4 Å². The molecule has 0 fully saturated rings. The summed E-state index contributed by atoms with van der Waals surface area (Å²) in [5.74, 6) is 1.95. The summed E-state index contributed by atoms with van der Waals surface area (Å²) in [5.41, 5.74) is 9.62. The quantitative estimate of drug-likeness (QED) is 0.162. The largest absolute Gasteiger partial charge is 0.295 e. The van der Waals surface area contributed by atoms with E-state index < -0.39 is 0 Å². The van der Waals surface area contributed by atoms with E-state index in [0.717, 1.165) is 49.8 Å². The van der Waals surface area contributed by atoms with Crippen LogP contribution in [0.5, 0.6) is 0 Å². The van der Waals surface area contributed by atoms with Crippen molar-refractivity contribution in [1.29, 1.82) is 0 Å². The summed E-state index contributed by atoms with van der Waals surface area (Å²) < 4.78 is 0. The zero-order valence-electron chi connectivity index (χ0n) is 28.7. The molecule has 5 heteroatoms. The van der Waals surface area contributed by atoms with Gasteiger partial charge in [-0.3, -0.25) is 4.98 Å². The van der Waals surface area contributed by atoms with E-state index in [1.54, 1.807) is 0 Å². The van der Waals surface area contributed by atoms with Crippen LogP contribution in [0.1, 0.15) is 52.7 Å². The molecular weight excluding hydrogens is 777 g/mol. The Balaban J connectivity index is 0.00000417. The molecule has 0 saturated heterocycles. The monoisotopic (exact) mass is 816 g/mol. The number of benzene rings is 5. The second-order valence-corrected chi connectivity index (χ2v) is 14.4. The summed E-state index contributed by atoms with van der Waals surface area (Å²) in [6.07, 6.45) is 1.82. The fourth-order valence-electron chi connectivity index (χ4n) is 5.93. The van der Waals surface area contributed by atoms with Gasteiger partial charge in [-0.05, 0) is 33.6 Å². The van der Waals surface area contributed by atoms with Gasteiger partial charge in [0.15, 0.2) is 17.5 Å². The molecule has 0 spiro atoms. The third kappa shape index (κ3) is 7.29. The summed E-state index contributed by atoms with van der Waals surface area (Å²) in [4.78, 5) is 19.6. The molecule has 0 aliphatic rings. The van der Waals surface area contributed by atoms with Gasteiger partial charge in [0.2, 0.25) is 0 Å². The van der Waals surface area contributed by atoms with Crippen molar-refractivity contribution in [2.75, 3.05) is 0 Å². The third-order valence-corrected chi connectivity index (χ3v) is 8.82. The number of pyridine rings is 1. The number of rotatable bonds is 5. The minimum atomic E-state index is 0. The Bertz CT molecular complexity index is 2140. The van der Waals surface area contributed by atoms with Gasteiger partial charge in [0.05, 0.1) is 0 Å². The first kappa shape index (κ1) is 34.0. The molecule has 0 aliphatic heterocycles. The number of hydrogen-bond acceptors (Lipinski definition) is 4. The van der Waals surface area contributed by atoms with E-state index in [1.165, 1.54) is 11.1 Å². The van der Waals surface area contributed by atoms with Crippen LogP contribution in [-0.4, -0.2) is 19.9 Å². The molecule has 2 heterocycles. The van der Waals surface area contributed by atoms with E-state index >= 15 is 0 Å². The molecule has 4 nitrogen and oxygen atoms in total. The van der Waals surface area contributed by atoms with Gasteiger partial charge in [0, 0.05) is 48.7 Å². The topological polar surface area (TPSA) is 51.6 Å². The molecule has 0 atom stereocenters. The van der Waals surface area contributed by atoms with Crippen LogP contribution in [0.3, 0.4) is 0 Å². The molecule has 0 aliphatic carbocycles. The van der Waals surface area contributed by atoms with Gasteiger partial charge in [-0.1, -0.05) is 161 Å².